The van der Waals surface area contributed by atoms with E-state index in [1.165, 1.54) is 19.3 Å². The number of nitrogens with zero attached hydrogens (tertiary/aromatic N) is 1. The van der Waals surface area contributed by atoms with E-state index in [1.807, 2.05) is 48.5 Å². The second-order valence-corrected chi connectivity index (χ2v) is 9.50. The molecule has 1 saturated heterocycles. The highest BCUT2D eigenvalue weighted by Gasteiger charge is 2.22. The minimum absolute atomic E-state index is 0.121. The summed E-state index contributed by atoms with van der Waals surface area (Å²) < 4.78 is 0. The number of benzene rings is 2. The second-order valence-electron chi connectivity index (χ2n) is 9.50. The molecule has 1 aliphatic heterocycles. The quantitative estimate of drug-likeness (QED) is 0.561. The van der Waals surface area contributed by atoms with Gasteiger partial charge in [-0.05, 0) is 55.4 Å². The summed E-state index contributed by atoms with van der Waals surface area (Å²) in [7, 11) is 0. The normalized spacial score (nSPS) is 17.4. The minimum Gasteiger partial charge on any atom is -0.371 e. The van der Waals surface area contributed by atoms with Gasteiger partial charge in [-0.25, -0.2) is 4.79 Å². The van der Waals surface area contributed by atoms with Crippen LogP contribution in [0.15, 0.2) is 48.5 Å². The van der Waals surface area contributed by atoms with Gasteiger partial charge < -0.3 is 20.9 Å². The molecule has 0 radical (unpaired) electrons. The van der Waals surface area contributed by atoms with Crippen LogP contribution >= 0.6 is 0 Å². The minimum atomic E-state index is -0.197. The summed E-state index contributed by atoms with van der Waals surface area (Å²) in [6.45, 7) is 4.63. The van der Waals surface area contributed by atoms with E-state index in [4.69, 9.17) is 0 Å². The summed E-state index contributed by atoms with van der Waals surface area (Å²) in [4.78, 5) is 28.1. The van der Waals surface area contributed by atoms with E-state index < -0.39 is 0 Å². The average Bonchev–Trinajstić information content (AvgIpc) is 2.84. The van der Waals surface area contributed by atoms with E-state index in [1.54, 1.807) is 0 Å². The predicted octanol–water partition coefficient (Wildman–Crippen LogP) is 5.31. The lowest BCUT2D eigenvalue weighted by Gasteiger charge is -2.33. The molecule has 6 heteroatoms. The Morgan fingerprint density at radius 2 is 1.67 bits per heavy atom. The first-order valence-electron chi connectivity index (χ1n) is 12.4. The first kappa shape index (κ1) is 23.1. The van der Waals surface area contributed by atoms with Crippen LogP contribution in [0.3, 0.4) is 0 Å². The number of piperidine rings is 1. The highest BCUT2D eigenvalue weighted by Crippen LogP contribution is 2.29. The van der Waals surface area contributed by atoms with Gasteiger partial charge >= 0.3 is 6.03 Å². The van der Waals surface area contributed by atoms with Gasteiger partial charge in [-0.15, -0.1) is 0 Å². The van der Waals surface area contributed by atoms with Crippen LogP contribution in [0.1, 0.15) is 67.8 Å². The molecule has 0 spiro atoms. The van der Waals surface area contributed by atoms with Crippen molar-refractivity contribution in [3.63, 3.8) is 0 Å². The zero-order valence-electron chi connectivity index (χ0n) is 19.6. The summed E-state index contributed by atoms with van der Waals surface area (Å²) in [5.74, 6) is 0.588. The average molecular weight is 449 g/mol. The number of hydrogen-bond acceptors (Lipinski definition) is 3. The third kappa shape index (κ3) is 6.50. The fraction of sp³-hybridized carbons (Fsp3) is 0.481. The molecular weight excluding hydrogens is 412 g/mol. The molecule has 176 valence electrons. The monoisotopic (exact) mass is 448 g/mol. The second kappa shape index (κ2) is 11.2. The molecule has 4 rings (SSSR count). The first-order valence-corrected chi connectivity index (χ1v) is 12.4. The number of urea groups is 1. The third-order valence-electron chi connectivity index (χ3n) is 6.86. The molecule has 0 unspecified atom stereocenters. The van der Waals surface area contributed by atoms with Crippen LogP contribution in [0.4, 0.5) is 16.2 Å². The molecule has 2 fully saturated rings. The maximum Gasteiger partial charge on any atom is 0.319 e. The van der Waals surface area contributed by atoms with Gasteiger partial charge in [-0.2, -0.15) is 0 Å². The van der Waals surface area contributed by atoms with Crippen molar-refractivity contribution in [3.05, 3.63) is 59.7 Å². The van der Waals surface area contributed by atoms with Crippen molar-refractivity contribution in [2.45, 2.75) is 64.5 Å². The lowest BCUT2D eigenvalue weighted by molar-refractivity contribution is 0.0951. The fourth-order valence-electron chi connectivity index (χ4n) is 4.79. The maximum absolute atomic E-state index is 13.2. The van der Waals surface area contributed by atoms with Crippen molar-refractivity contribution in [3.8, 4) is 0 Å². The molecular formula is C27H36N4O2. The number of amides is 3. The van der Waals surface area contributed by atoms with Crippen LogP contribution < -0.4 is 20.9 Å². The van der Waals surface area contributed by atoms with Gasteiger partial charge in [0.05, 0.1) is 5.56 Å². The first-order chi connectivity index (χ1) is 16.1. The Bertz CT molecular complexity index is 932. The van der Waals surface area contributed by atoms with Crippen LogP contribution in [0, 0.1) is 5.92 Å². The molecule has 0 bridgehead atoms. The van der Waals surface area contributed by atoms with Crippen molar-refractivity contribution in [2.24, 2.45) is 5.92 Å². The predicted molar refractivity (Wildman–Crippen MR) is 134 cm³/mol. The number of carbonyl (C=O) groups is 2. The summed E-state index contributed by atoms with van der Waals surface area (Å²) in [6.07, 6.45) is 7.89. The Labute approximate surface area is 197 Å². The molecule has 3 amide bonds. The van der Waals surface area contributed by atoms with Gasteiger partial charge in [0, 0.05) is 37.1 Å². The summed E-state index contributed by atoms with van der Waals surface area (Å²) in [6, 6.07) is 15.6. The van der Waals surface area contributed by atoms with Crippen LogP contribution in [0.5, 0.6) is 0 Å². The molecule has 33 heavy (non-hydrogen) atoms. The van der Waals surface area contributed by atoms with Crippen LogP contribution in [0.2, 0.25) is 0 Å². The van der Waals surface area contributed by atoms with Crippen molar-refractivity contribution >= 4 is 23.3 Å². The molecule has 1 aliphatic carbocycles. The van der Waals surface area contributed by atoms with E-state index in [2.05, 4.69) is 27.8 Å². The zero-order chi connectivity index (χ0) is 23.0. The van der Waals surface area contributed by atoms with Gasteiger partial charge in [0.15, 0.2) is 0 Å². The van der Waals surface area contributed by atoms with Gasteiger partial charge in [0.1, 0.15) is 0 Å². The molecule has 3 N–H and O–H groups in total. The smallest absolute Gasteiger partial charge is 0.319 e. The van der Waals surface area contributed by atoms with Gasteiger partial charge in [0.25, 0.3) is 5.91 Å². The Hall–Kier alpha value is -3.02. The van der Waals surface area contributed by atoms with E-state index in [9.17, 15) is 9.59 Å². The number of carbonyl (C=O) groups excluding carboxylic acids is 2. The summed E-state index contributed by atoms with van der Waals surface area (Å²) >= 11 is 0. The maximum atomic E-state index is 13.2. The summed E-state index contributed by atoms with van der Waals surface area (Å²) in [5, 5.41) is 9.09. The summed E-state index contributed by atoms with van der Waals surface area (Å²) in [5.41, 5.74) is 3.24. The third-order valence-corrected chi connectivity index (χ3v) is 6.86. The van der Waals surface area contributed by atoms with E-state index in [-0.39, 0.29) is 18.0 Å². The zero-order valence-corrected chi connectivity index (χ0v) is 19.6. The van der Waals surface area contributed by atoms with Crippen molar-refractivity contribution in [1.82, 2.24) is 10.6 Å². The highest BCUT2D eigenvalue weighted by molar-refractivity contribution is 6.02. The lowest BCUT2D eigenvalue weighted by Crippen LogP contribution is -2.39. The number of rotatable bonds is 6. The van der Waals surface area contributed by atoms with Crippen LogP contribution in [0.25, 0.3) is 0 Å². The largest absolute Gasteiger partial charge is 0.371 e. The van der Waals surface area contributed by atoms with Gasteiger partial charge in [-0.1, -0.05) is 56.5 Å². The molecule has 1 heterocycles. The number of nitrogens with one attached hydrogen (secondary N) is 3. The van der Waals surface area contributed by atoms with Crippen molar-refractivity contribution in [1.29, 1.82) is 0 Å². The molecule has 6 nitrogen and oxygen atoms in total. The molecule has 0 atom stereocenters. The molecule has 2 aromatic rings. The Morgan fingerprint density at radius 1 is 0.939 bits per heavy atom. The van der Waals surface area contributed by atoms with Gasteiger partial charge in [0.2, 0.25) is 0 Å². The van der Waals surface area contributed by atoms with E-state index in [0.717, 1.165) is 50.0 Å². The van der Waals surface area contributed by atoms with Crippen molar-refractivity contribution in [2.75, 3.05) is 23.3 Å². The van der Waals surface area contributed by atoms with E-state index >= 15 is 0 Å². The molecule has 0 aromatic heterocycles. The van der Waals surface area contributed by atoms with Crippen LogP contribution in [-0.2, 0) is 6.54 Å². The standard InChI is InChI=1S/C27H36N4O2/c1-20-14-16-31(17-15-20)25-13-12-23(30-27(33)29-22-10-6-3-7-11-22)18-24(25)26(32)28-19-21-8-4-2-5-9-21/h2,4-5,8-9,12-13,18,20,22H,3,6-7,10-11,14-17,19H2,1H3,(H,28,32)(H2,29,30,33). The fourth-order valence-corrected chi connectivity index (χ4v) is 4.79. The molecule has 1 saturated carbocycles. The van der Waals surface area contributed by atoms with Crippen LogP contribution in [-0.4, -0.2) is 31.1 Å². The Kier molecular flexibility index (Phi) is 7.87. The number of anilines is 2. The molecule has 2 aromatic carbocycles. The van der Waals surface area contributed by atoms with Crippen molar-refractivity contribution < 1.29 is 9.59 Å². The van der Waals surface area contributed by atoms with E-state index in [0.29, 0.717) is 23.7 Å². The van der Waals surface area contributed by atoms with Gasteiger partial charge in [-0.3, -0.25) is 4.79 Å². The molecule has 2 aliphatic rings. The Balaban J connectivity index is 1.48. The lowest BCUT2D eigenvalue weighted by atomic mass is 9.96. The topological polar surface area (TPSA) is 73.5 Å². The SMILES string of the molecule is CC1CCN(c2ccc(NC(=O)NC3CCCCC3)cc2C(=O)NCc2ccccc2)CC1. The number of hydrogen-bond donors (Lipinski definition) is 3. The Morgan fingerprint density at radius 3 is 2.39 bits per heavy atom. The highest BCUT2D eigenvalue weighted by atomic mass is 16.2.